The van der Waals surface area contributed by atoms with Crippen LogP contribution in [0.5, 0.6) is 5.75 Å². The van der Waals surface area contributed by atoms with Crippen molar-refractivity contribution in [2.24, 2.45) is 5.92 Å². The fourth-order valence-electron chi connectivity index (χ4n) is 1.98. The fourth-order valence-corrected chi connectivity index (χ4v) is 1.98. The molecule has 18 heavy (non-hydrogen) atoms. The molecule has 0 spiro atoms. The maximum absolute atomic E-state index is 5.83. The van der Waals surface area contributed by atoms with Gasteiger partial charge in [-0.2, -0.15) is 0 Å². The number of aromatic nitrogens is 1. The predicted octanol–water partition coefficient (Wildman–Crippen LogP) is 2.71. The van der Waals surface area contributed by atoms with E-state index in [1.54, 1.807) is 6.20 Å². The molecule has 100 valence electrons. The van der Waals surface area contributed by atoms with E-state index < -0.39 is 0 Å². The molecule has 2 rings (SSSR count). The zero-order valence-electron chi connectivity index (χ0n) is 11.0. The second-order valence-corrected chi connectivity index (χ2v) is 4.67. The number of nitrogens with one attached hydrogen (secondary N) is 1. The minimum absolute atomic E-state index is 0.624. The summed E-state index contributed by atoms with van der Waals surface area (Å²) in [6.07, 6.45) is 5.09. The molecule has 4 nitrogen and oxygen atoms in total. The van der Waals surface area contributed by atoms with Gasteiger partial charge >= 0.3 is 0 Å². The van der Waals surface area contributed by atoms with Crippen LogP contribution in [0.3, 0.4) is 0 Å². The lowest BCUT2D eigenvalue weighted by molar-refractivity contribution is 0.0497. The van der Waals surface area contributed by atoms with Crippen LogP contribution in [0.4, 0.5) is 5.82 Å². The van der Waals surface area contributed by atoms with E-state index >= 15 is 0 Å². The number of ether oxygens (including phenoxy) is 2. The molecule has 0 atom stereocenters. The number of rotatable bonds is 6. The molecular weight excluding hydrogens is 228 g/mol. The first-order valence-electron chi connectivity index (χ1n) is 6.79. The Morgan fingerprint density at radius 1 is 1.44 bits per heavy atom. The highest BCUT2D eigenvalue weighted by atomic mass is 16.5. The van der Waals surface area contributed by atoms with E-state index in [1.165, 1.54) is 0 Å². The first-order chi connectivity index (χ1) is 8.88. The number of anilines is 1. The van der Waals surface area contributed by atoms with E-state index in [1.807, 2.05) is 12.1 Å². The van der Waals surface area contributed by atoms with Crippen molar-refractivity contribution < 1.29 is 9.47 Å². The lowest BCUT2D eigenvalue weighted by Crippen LogP contribution is -2.21. The van der Waals surface area contributed by atoms with Crippen molar-refractivity contribution in [1.82, 2.24) is 4.98 Å². The molecule has 0 aliphatic carbocycles. The topological polar surface area (TPSA) is 43.4 Å². The Hall–Kier alpha value is -1.29. The van der Waals surface area contributed by atoms with Gasteiger partial charge in [0.05, 0.1) is 6.61 Å². The van der Waals surface area contributed by atoms with Gasteiger partial charge in [-0.1, -0.05) is 6.92 Å². The van der Waals surface area contributed by atoms with Gasteiger partial charge in [-0.25, -0.2) is 4.98 Å². The van der Waals surface area contributed by atoms with E-state index in [4.69, 9.17) is 9.47 Å². The van der Waals surface area contributed by atoms with Crippen molar-refractivity contribution in [1.29, 1.82) is 0 Å². The Labute approximate surface area is 109 Å². The summed E-state index contributed by atoms with van der Waals surface area (Å²) in [5, 5.41) is 3.26. The number of nitrogens with zero attached hydrogens (tertiary/aromatic N) is 1. The van der Waals surface area contributed by atoms with Crippen LogP contribution in [0.25, 0.3) is 0 Å². The van der Waals surface area contributed by atoms with Crippen LogP contribution in [0.15, 0.2) is 18.3 Å². The van der Waals surface area contributed by atoms with E-state index in [-0.39, 0.29) is 0 Å². The normalized spacial score (nSPS) is 16.5. The molecule has 0 unspecified atom stereocenters. The Bertz CT molecular complexity index is 351. The molecule has 0 radical (unpaired) electrons. The van der Waals surface area contributed by atoms with Gasteiger partial charge in [-0.15, -0.1) is 0 Å². The molecule has 1 aliphatic heterocycles. The van der Waals surface area contributed by atoms with Crippen LogP contribution in [0, 0.1) is 5.92 Å². The lowest BCUT2D eigenvalue weighted by Gasteiger charge is -2.22. The first kappa shape index (κ1) is 13.1. The zero-order chi connectivity index (χ0) is 12.6. The van der Waals surface area contributed by atoms with E-state index in [0.717, 1.165) is 57.2 Å². The monoisotopic (exact) mass is 250 g/mol. The lowest BCUT2D eigenvalue weighted by atomic mass is 10.0. The molecule has 2 heterocycles. The van der Waals surface area contributed by atoms with E-state index in [9.17, 15) is 0 Å². The highest BCUT2D eigenvalue weighted by Gasteiger charge is 2.14. The molecule has 1 N–H and O–H groups in total. The first-order valence-corrected chi connectivity index (χ1v) is 6.79. The van der Waals surface area contributed by atoms with Gasteiger partial charge < -0.3 is 14.8 Å². The molecule has 1 aromatic heterocycles. The van der Waals surface area contributed by atoms with Crippen molar-refractivity contribution in [2.45, 2.75) is 26.2 Å². The molecule has 0 amide bonds. The van der Waals surface area contributed by atoms with Crippen molar-refractivity contribution in [3.63, 3.8) is 0 Å². The van der Waals surface area contributed by atoms with E-state index in [0.29, 0.717) is 5.92 Å². The second kappa shape index (κ2) is 7.21. The van der Waals surface area contributed by atoms with Crippen molar-refractivity contribution in [3.8, 4) is 5.75 Å². The van der Waals surface area contributed by atoms with Gasteiger partial charge in [0.1, 0.15) is 11.6 Å². The molecule has 1 fully saturated rings. The summed E-state index contributed by atoms with van der Waals surface area (Å²) in [6, 6.07) is 3.88. The van der Waals surface area contributed by atoms with E-state index in [2.05, 4.69) is 17.2 Å². The van der Waals surface area contributed by atoms with Crippen molar-refractivity contribution >= 4 is 5.82 Å². The smallest absolute Gasteiger partial charge is 0.129 e. The van der Waals surface area contributed by atoms with Gasteiger partial charge in [0.15, 0.2) is 0 Å². The molecule has 4 heteroatoms. The van der Waals surface area contributed by atoms with Crippen molar-refractivity contribution in [2.75, 3.05) is 31.7 Å². The highest BCUT2D eigenvalue weighted by molar-refractivity contribution is 5.40. The quantitative estimate of drug-likeness (QED) is 0.843. The van der Waals surface area contributed by atoms with Crippen LogP contribution in [-0.2, 0) is 4.74 Å². The second-order valence-electron chi connectivity index (χ2n) is 4.67. The highest BCUT2D eigenvalue weighted by Crippen LogP contribution is 2.19. The minimum atomic E-state index is 0.624. The molecule has 1 aliphatic rings. The van der Waals surface area contributed by atoms with Gasteiger partial charge in [0.2, 0.25) is 0 Å². The van der Waals surface area contributed by atoms with Crippen LogP contribution in [-0.4, -0.2) is 31.3 Å². The number of pyridine rings is 1. The van der Waals surface area contributed by atoms with Crippen LogP contribution in [0.2, 0.25) is 0 Å². The third kappa shape index (κ3) is 4.18. The summed E-state index contributed by atoms with van der Waals surface area (Å²) in [6.45, 7) is 5.59. The number of hydrogen-bond acceptors (Lipinski definition) is 4. The van der Waals surface area contributed by atoms with Gasteiger partial charge in [-0.3, -0.25) is 0 Å². The summed E-state index contributed by atoms with van der Waals surface area (Å²) in [4.78, 5) is 4.26. The average molecular weight is 250 g/mol. The zero-order valence-corrected chi connectivity index (χ0v) is 11.0. The Kier molecular flexibility index (Phi) is 5.27. The third-order valence-corrected chi connectivity index (χ3v) is 3.11. The summed E-state index contributed by atoms with van der Waals surface area (Å²) >= 11 is 0. The summed E-state index contributed by atoms with van der Waals surface area (Å²) < 4.78 is 11.2. The summed E-state index contributed by atoms with van der Waals surface area (Å²) in [7, 11) is 0. The molecule has 1 aromatic rings. The maximum atomic E-state index is 5.83. The predicted molar refractivity (Wildman–Crippen MR) is 72.1 cm³/mol. The molecule has 0 aromatic carbocycles. The van der Waals surface area contributed by atoms with Crippen molar-refractivity contribution in [3.05, 3.63) is 18.3 Å². The largest absolute Gasteiger partial charge is 0.493 e. The van der Waals surface area contributed by atoms with Gasteiger partial charge in [0, 0.05) is 32.0 Å². The molecule has 0 bridgehead atoms. The Morgan fingerprint density at radius 2 is 2.28 bits per heavy atom. The van der Waals surface area contributed by atoms with Gasteiger partial charge in [0.25, 0.3) is 0 Å². The maximum Gasteiger partial charge on any atom is 0.129 e. The SMILES string of the molecule is CCCNc1cc(OCC2CCOCC2)ccn1. The fraction of sp³-hybridized carbons (Fsp3) is 0.643. The Morgan fingerprint density at radius 3 is 3.06 bits per heavy atom. The Balaban J connectivity index is 1.80. The summed E-state index contributed by atoms with van der Waals surface area (Å²) in [5.41, 5.74) is 0. The average Bonchev–Trinajstić information content (AvgIpc) is 2.44. The minimum Gasteiger partial charge on any atom is -0.493 e. The number of hydrogen-bond donors (Lipinski definition) is 1. The van der Waals surface area contributed by atoms with Crippen LogP contribution >= 0.6 is 0 Å². The van der Waals surface area contributed by atoms with Crippen LogP contribution in [0.1, 0.15) is 26.2 Å². The van der Waals surface area contributed by atoms with Crippen LogP contribution < -0.4 is 10.1 Å². The summed E-state index contributed by atoms with van der Waals surface area (Å²) in [5.74, 6) is 2.41. The third-order valence-electron chi connectivity index (χ3n) is 3.11. The molecule has 1 saturated heterocycles. The molecular formula is C14H22N2O2. The standard InChI is InChI=1S/C14H22N2O2/c1-2-6-15-14-10-13(3-7-16-14)18-11-12-4-8-17-9-5-12/h3,7,10,12H,2,4-6,8-9,11H2,1H3,(H,15,16). The molecule has 0 saturated carbocycles. The van der Waals surface area contributed by atoms with Gasteiger partial charge in [-0.05, 0) is 31.2 Å².